The third-order valence-corrected chi connectivity index (χ3v) is 5.69. The first kappa shape index (κ1) is 20.8. The summed E-state index contributed by atoms with van der Waals surface area (Å²) in [5.74, 6) is -0.601. The number of alkyl halides is 3. The van der Waals surface area contributed by atoms with Crippen molar-refractivity contribution in [2.75, 3.05) is 11.9 Å². The summed E-state index contributed by atoms with van der Waals surface area (Å²) in [6.45, 7) is 2.58. The summed E-state index contributed by atoms with van der Waals surface area (Å²) in [5.41, 5.74) is 1.12. The minimum atomic E-state index is -4.54. The zero-order chi connectivity index (χ0) is 21.5. The molecule has 2 aliphatic rings. The van der Waals surface area contributed by atoms with E-state index >= 15 is 0 Å². The second-order valence-electron chi connectivity index (χ2n) is 7.34. The highest BCUT2D eigenvalue weighted by Gasteiger charge is 2.34. The monoisotopic (exact) mass is 444 g/mol. The topological polar surface area (TPSA) is 75.5 Å². The SMILES string of the molecule is CC1C=C(N/C=C2\CC(C)C2Nc2nc3c(OCC(F)(F)F)cc(F)cn3n2)SN1. The second kappa shape index (κ2) is 7.99. The molecule has 0 bridgehead atoms. The van der Waals surface area contributed by atoms with E-state index in [1.54, 1.807) is 0 Å². The van der Waals surface area contributed by atoms with E-state index in [1.165, 1.54) is 11.9 Å². The smallest absolute Gasteiger partial charge is 0.422 e. The molecular formula is C18H20F4N6OS. The first-order chi connectivity index (χ1) is 14.2. The average Bonchev–Trinajstić information content (AvgIpc) is 3.26. The van der Waals surface area contributed by atoms with Crippen LogP contribution in [-0.4, -0.2) is 39.5 Å². The van der Waals surface area contributed by atoms with Crippen LogP contribution in [0.3, 0.4) is 0 Å². The molecule has 1 aliphatic heterocycles. The number of nitrogens with one attached hydrogen (secondary N) is 3. The van der Waals surface area contributed by atoms with Crippen LogP contribution in [0.5, 0.6) is 5.75 Å². The van der Waals surface area contributed by atoms with Gasteiger partial charge in [0.05, 0.1) is 17.3 Å². The Kier molecular flexibility index (Phi) is 5.53. The Bertz CT molecular complexity index is 1000. The molecule has 0 saturated heterocycles. The van der Waals surface area contributed by atoms with Crippen LogP contribution in [0.25, 0.3) is 5.65 Å². The zero-order valence-electron chi connectivity index (χ0n) is 16.1. The van der Waals surface area contributed by atoms with E-state index in [-0.39, 0.29) is 23.4 Å². The van der Waals surface area contributed by atoms with Crippen LogP contribution >= 0.6 is 11.9 Å². The number of hydrogen-bond acceptors (Lipinski definition) is 7. The first-order valence-electron chi connectivity index (χ1n) is 9.29. The van der Waals surface area contributed by atoms with Gasteiger partial charge in [-0.3, -0.25) is 4.72 Å². The fourth-order valence-corrected chi connectivity index (χ4v) is 4.06. The van der Waals surface area contributed by atoms with Gasteiger partial charge in [0.1, 0.15) is 5.82 Å². The van der Waals surface area contributed by atoms with Crippen molar-refractivity contribution in [1.82, 2.24) is 24.6 Å². The molecule has 0 aromatic carbocycles. The van der Waals surface area contributed by atoms with E-state index in [0.717, 1.165) is 33.8 Å². The Balaban J connectivity index is 1.49. The number of aromatic nitrogens is 3. The largest absolute Gasteiger partial charge is 0.480 e. The van der Waals surface area contributed by atoms with E-state index < -0.39 is 18.6 Å². The predicted octanol–water partition coefficient (Wildman–Crippen LogP) is 3.58. The van der Waals surface area contributed by atoms with Crippen molar-refractivity contribution in [3.05, 3.63) is 41.0 Å². The maximum atomic E-state index is 13.8. The third kappa shape index (κ3) is 4.64. The number of rotatable bonds is 6. The van der Waals surface area contributed by atoms with Gasteiger partial charge in [0.25, 0.3) is 0 Å². The fourth-order valence-electron chi connectivity index (χ4n) is 3.29. The lowest BCUT2D eigenvalue weighted by Gasteiger charge is -2.37. The first-order valence-corrected chi connectivity index (χ1v) is 10.1. The highest BCUT2D eigenvalue weighted by atomic mass is 32.2. The summed E-state index contributed by atoms with van der Waals surface area (Å²) in [5, 5.41) is 11.6. The number of halogens is 4. The maximum Gasteiger partial charge on any atom is 0.422 e. The van der Waals surface area contributed by atoms with E-state index in [9.17, 15) is 17.6 Å². The minimum absolute atomic E-state index is 0.00588. The Morgan fingerprint density at radius 3 is 2.87 bits per heavy atom. The van der Waals surface area contributed by atoms with Crippen molar-refractivity contribution < 1.29 is 22.3 Å². The zero-order valence-corrected chi connectivity index (χ0v) is 16.9. The molecule has 1 fully saturated rings. The lowest BCUT2D eigenvalue weighted by Crippen LogP contribution is -2.40. The summed E-state index contributed by atoms with van der Waals surface area (Å²) in [7, 11) is 0. The van der Waals surface area contributed by atoms with E-state index in [0.29, 0.717) is 12.0 Å². The molecular weight excluding hydrogens is 424 g/mol. The van der Waals surface area contributed by atoms with Gasteiger partial charge in [-0.2, -0.15) is 18.2 Å². The molecule has 12 heteroatoms. The second-order valence-corrected chi connectivity index (χ2v) is 8.22. The van der Waals surface area contributed by atoms with E-state index in [1.807, 2.05) is 6.20 Å². The van der Waals surface area contributed by atoms with Gasteiger partial charge in [-0.05, 0) is 42.9 Å². The van der Waals surface area contributed by atoms with Gasteiger partial charge >= 0.3 is 6.18 Å². The van der Waals surface area contributed by atoms with Gasteiger partial charge in [-0.1, -0.05) is 6.92 Å². The molecule has 3 N–H and O–H groups in total. The van der Waals surface area contributed by atoms with Gasteiger partial charge in [-0.15, -0.1) is 5.10 Å². The predicted molar refractivity (Wildman–Crippen MR) is 105 cm³/mol. The summed E-state index contributed by atoms with van der Waals surface area (Å²) in [4.78, 5) is 4.20. The molecule has 0 radical (unpaired) electrons. The van der Waals surface area contributed by atoms with Crippen LogP contribution in [0.4, 0.5) is 23.5 Å². The minimum Gasteiger partial charge on any atom is -0.480 e. The molecule has 7 nitrogen and oxygen atoms in total. The van der Waals surface area contributed by atoms with Crippen molar-refractivity contribution in [2.24, 2.45) is 5.92 Å². The van der Waals surface area contributed by atoms with Crippen LogP contribution in [0.15, 0.2) is 35.1 Å². The summed E-state index contributed by atoms with van der Waals surface area (Å²) < 4.78 is 60.2. The molecule has 30 heavy (non-hydrogen) atoms. The van der Waals surface area contributed by atoms with Gasteiger partial charge in [-0.25, -0.2) is 8.91 Å². The molecule has 1 saturated carbocycles. The van der Waals surface area contributed by atoms with Crippen molar-refractivity contribution in [1.29, 1.82) is 0 Å². The third-order valence-electron chi connectivity index (χ3n) is 4.72. The fraction of sp³-hybridized carbons (Fsp3) is 0.444. The van der Waals surface area contributed by atoms with E-state index in [2.05, 4.69) is 45.4 Å². The Morgan fingerprint density at radius 1 is 1.40 bits per heavy atom. The summed E-state index contributed by atoms with van der Waals surface area (Å²) >= 11 is 1.52. The van der Waals surface area contributed by atoms with Crippen molar-refractivity contribution in [2.45, 2.75) is 38.5 Å². The lowest BCUT2D eigenvalue weighted by molar-refractivity contribution is -0.153. The molecule has 2 aromatic heterocycles. The molecule has 162 valence electrons. The molecule has 3 heterocycles. The molecule has 3 atom stereocenters. The molecule has 2 aromatic rings. The Labute approximate surface area is 174 Å². The average molecular weight is 444 g/mol. The Morgan fingerprint density at radius 2 is 2.20 bits per heavy atom. The molecule has 0 spiro atoms. The number of nitrogens with zero attached hydrogens (tertiary/aromatic N) is 3. The number of hydrogen-bond donors (Lipinski definition) is 3. The van der Waals surface area contributed by atoms with Gasteiger partial charge in [0.2, 0.25) is 5.95 Å². The van der Waals surface area contributed by atoms with Crippen molar-refractivity contribution in [3.63, 3.8) is 0 Å². The standard InChI is InChI=1S/C18H20F4N6OS/c1-9-3-11(6-23-14-4-10(2)27-30-14)15(9)24-17-25-16-13(29-8-18(20,21)22)5-12(19)7-28(16)26-17/h4-7,9-10,15,23,27H,3,8H2,1-2H3,(H,24,26)/b11-6+. The Hall–Kier alpha value is -2.47. The van der Waals surface area contributed by atoms with Crippen LogP contribution < -0.4 is 20.1 Å². The summed E-state index contributed by atoms with van der Waals surface area (Å²) in [6, 6.07) is 1.11. The highest BCUT2D eigenvalue weighted by Crippen LogP contribution is 2.35. The van der Waals surface area contributed by atoms with Gasteiger partial charge < -0.3 is 15.4 Å². The quantitative estimate of drug-likeness (QED) is 0.465. The normalized spacial score (nSPS) is 25.3. The van der Waals surface area contributed by atoms with Crippen LogP contribution in [0.1, 0.15) is 20.3 Å². The van der Waals surface area contributed by atoms with E-state index in [4.69, 9.17) is 4.74 Å². The van der Waals surface area contributed by atoms with Crippen molar-refractivity contribution in [3.8, 4) is 5.75 Å². The van der Waals surface area contributed by atoms with Crippen LogP contribution in [-0.2, 0) is 0 Å². The number of anilines is 1. The summed E-state index contributed by atoms with van der Waals surface area (Å²) in [6.07, 6.45) is 1.39. The van der Waals surface area contributed by atoms with Crippen molar-refractivity contribution >= 4 is 23.5 Å². The maximum absolute atomic E-state index is 13.8. The lowest BCUT2D eigenvalue weighted by atomic mass is 9.76. The number of fused-ring (bicyclic) bond motifs is 1. The van der Waals surface area contributed by atoms with Crippen LogP contribution in [0, 0.1) is 11.7 Å². The van der Waals surface area contributed by atoms with Gasteiger partial charge in [0, 0.05) is 18.3 Å². The molecule has 0 amide bonds. The van der Waals surface area contributed by atoms with Gasteiger partial charge in [0.15, 0.2) is 18.0 Å². The number of ether oxygens (including phenoxy) is 1. The van der Waals surface area contributed by atoms with Crippen LogP contribution in [0.2, 0.25) is 0 Å². The molecule has 3 unspecified atom stereocenters. The number of pyridine rings is 1. The molecule has 1 aliphatic carbocycles. The highest BCUT2D eigenvalue weighted by molar-refractivity contribution is 8.01. The molecule has 4 rings (SSSR count).